The molecule has 0 heterocycles. The van der Waals surface area contributed by atoms with E-state index in [1.165, 1.54) is 0 Å². The molecule has 0 amide bonds. The van der Waals surface area contributed by atoms with E-state index in [1.807, 2.05) is 57.5 Å². The fraction of sp³-hybridized carbons (Fsp3) is 0.394. The standard InChI is InChI=1S/C33H42NO5.HI/c1-34(2,3)31(26-27-16-10-8-11-17-27)33(36)38-25-15-7-5-4-6-14-24-37-29-20-22-30(23-21-29)39-32(35)28-18-12-9-13-19-28;/h8-13,16-23,31H,4-7,14-15,24-26H2,1-3H3;1H/q+1;/p-1. The van der Waals surface area contributed by atoms with Gasteiger partial charge in [-0.2, -0.15) is 0 Å². The van der Waals surface area contributed by atoms with Crippen molar-refractivity contribution < 1.29 is 52.3 Å². The first-order chi connectivity index (χ1) is 18.8. The first-order valence-corrected chi connectivity index (χ1v) is 13.8. The van der Waals surface area contributed by atoms with E-state index in [4.69, 9.17) is 14.2 Å². The number of unbranched alkanes of at least 4 members (excludes halogenated alkanes) is 5. The molecule has 0 saturated carbocycles. The van der Waals surface area contributed by atoms with Gasteiger partial charge in [0, 0.05) is 6.42 Å². The zero-order valence-corrected chi connectivity index (χ0v) is 26.0. The average molecular weight is 660 g/mol. The highest BCUT2D eigenvalue weighted by Gasteiger charge is 2.33. The number of hydrogen-bond acceptors (Lipinski definition) is 5. The Bertz CT molecular complexity index is 1130. The molecular weight excluding hydrogens is 617 g/mol. The zero-order valence-electron chi connectivity index (χ0n) is 23.9. The van der Waals surface area contributed by atoms with Crippen molar-refractivity contribution in [3.05, 3.63) is 96.1 Å². The lowest BCUT2D eigenvalue weighted by Crippen LogP contribution is -3.00. The van der Waals surface area contributed by atoms with Gasteiger partial charge in [-0.05, 0) is 54.8 Å². The quantitative estimate of drug-likeness (QED) is 0.0776. The van der Waals surface area contributed by atoms with Gasteiger partial charge in [-0.1, -0.05) is 74.2 Å². The molecular formula is C33H42INO5. The van der Waals surface area contributed by atoms with Crippen molar-refractivity contribution in [1.29, 1.82) is 0 Å². The van der Waals surface area contributed by atoms with Gasteiger partial charge in [-0.25, -0.2) is 9.59 Å². The lowest BCUT2D eigenvalue weighted by atomic mass is 10.0. The van der Waals surface area contributed by atoms with Crippen molar-refractivity contribution in [3.8, 4) is 11.5 Å². The van der Waals surface area contributed by atoms with Gasteiger partial charge in [0.05, 0.1) is 39.9 Å². The summed E-state index contributed by atoms with van der Waals surface area (Å²) < 4.78 is 17.4. The molecule has 0 N–H and O–H groups in total. The van der Waals surface area contributed by atoms with E-state index in [0.717, 1.165) is 49.8 Å². The Kier molecular flexibility index (Phi) is 14.7. The van der Waals surface area contributed by atoms with Crippen molar-refractivity contribution in [2.45, 2.75) is 51.0 Å². The Hall–Kier alpha value is -2.91. The molecule has 3 rings (SSSR count). The van der Waals surface area contributed by atoms with Gasteiger partial charge >= 0.3 is 11.9 Å². The van der Waals surface area contributed by atoms with Crippen molar-refractivity contribution in [3.63, 3.8) is 0 Å². The Morgan fingerprint density at radius 1 is 0.675 bits per heavy atom. The van der Waals surface area contributed by atoms with Gasteiger partial charge < -0.3 is 42.7 Å². The Balaban J connectivity index is 0.00000560. The van der Waals surface area contributed by atoms with Gasteiger partial charge in [-0.15, -0.1) is 0 Å². The van der Waals surface area contributed by atoms with Crippen molar-refractivity contribution in [2.75, 3.05) is 34.4 Å². The third-order valence-corrected chi connectivity index (χ3v) is 6.57. The molecule has 0 aliphatic carbocycles. The Labute approximate surface area is 256 Å². The minimum Gasteiger partial charge on any atom is -1.00 e. The number of hydrogen-bond donors (Lipinski definition) is 0. The number of benzene rings is 3. The number of ether oxygens (including phenoxy) is 3. The summed E-state index contributed by atoms with van der Waals surface area (Å²) in [6, 6.07) is 25.9. The van der Waals surface area contributed by atoms with Gasteiger partial charge in [0.1, 0.15) is 11.5 Å². The third-order valence-electron chi connectivity index (χ3n) is 6.57. The van der Waals surface area contributed by atoms with E-state index in [2.05, 4.69) is 12.1 Å². The number of quaternary nitrogens is 1. The van der Waals surface area contributed by atoms with Crippen LogP contribution in [0.1, 0.15) is 54.4 Å². The summed E-state index contributed by atoms with van der Waals surface area (Å²) in [4.78, 5) is 24.9. The largest absolute Gasteiger partial charge is 1.00 e. The normalized spacial score (nSPS) is 11.7. The average Bonchev–Trinajstić information content (AvgIpc) is 2.94. The fourth-order valence-corrected chi connectivity index (χ4v) is 4.23. The molecule has 1 atom stereocenters. The summed E-state index contributed by atoms with van der Waals surface area (Å²) in [5.74, 6) is 0.756. The Morgan fingerprint density at radius 2 is 1.20 bits per heavy atom. The molecule has 7 heteroatoms. The van der Waals surface area contributed by atoms with Crippen molar-refractivity contribution >= 4 is 11.9 Å². The molecule has 0 fully saturated rings. The summed E-state index contributed by atoms with van der Waals surface area (Å²) in [6.07, 6.45) is 6.92. The molecule has 0 bridgehead atoms. The van der Waals surface area contributed by atoms with Gasteiger partial charge in [-0.3, -0.25) is 0 Å². The molecule has 40 heavy (non-hydrogen) atoms. The second kappa shape index (κ2) is 17.7. The summed E-state index contributed by atoms with van der Waals surface area (Å²) in [6.45, 7) is 1.12. The SMILES string of the molecule is C[N+](C)(C)C(Cc1ccccc1)C(=O)OCCCCCCCCOc1ccc(OC(=O)c2ccccc2)cc1.[I-]. The molecule has 6 nitrogen and oxygen atoms in total. The maximum atomic E-state index is 12.8. The first kappa shape index (κ1) is 33.3. The third kappa shape index (κ3) is 12.1. The van der Waals surface area contributed by atoms with Crippen LogP contribution in [-0.4, -0.2) is 56.8 Å². The molecule has 3 aromatic carbocycles. The maximum Gasteiger partial charge on any atom is 0.365 e. The first-order valence-electron chi connectivity index (χ1n) is 13.8. The van der Waals surface area contributed by atoms with Crippen LogP contribution in [0.15, 0.2) is 84.9 Å². The van der Waals surface area contributed by atoms with Crippen LogP contribution >= 0.6 is 0 Å². The predicted molar refractivity (Wildman–Crippen MR) is 154 cm³/mol. The molecule has 3 aromatic rings. The molecule has 1 unspecified atom stereocenters. The Morgan fingerprint density at radius 3 is 1.80 bits per heavy atom. The van der Waals surface area contributed by atoms with Crippen LogP contribution in [0.5, 0.6) is 11.5 Å². The van der Waals surface area contributed by atoms with E-state index in [0.29, 0.717) is 35.4 Å². The minimum atomic E-state index is -0.376. The van der Waals surface area contributed by atoms with Crippen LogP contribution in [0.2, 0.25) is 0 Å². The molecule has 0 radical (unpaired) electrons. The fourth-order valence-electron chi connectivity index (χ4n) is 4.23. The summed E-state index contributed by atoms with van der Waals surface area (Å²) in [7, 11) is 6.12. The van der Waals surface area contributed by atoms with E-state index in [1.54, 1.807) is 36.4 Å². The number of carbonyl (C=O) groups is 2. The van der Waals surface area contributed by atoms with E-state index < -0.39 is 0 Å². The van der Waals surface area contributed by atoms with Crippen LogP contribution in [-0.2, 0) is 16.0 Å². The van der Waals surface area contributed by atoms with E-state index in [-0.39, 0.29) is 42.0 Å². The molecule has 216 valence electrons. The summed E-state index contributed by atoms with van der Waals surface area (Å²) >= 11 is 0. The molecule has 0 aromatic heterocycles. The second-order valence-corrected chi connectivity index (χ2v) is 10.7. The van der Waals surface area contributed by atoms with Crippen LogP contribution < -0.4 is 33.5 Å². The summed E-state index contributed by atoms with van der Waals surface area (Å²) in [5.41, 5.74) is 1.67. The monoisotopic (exact) mass is 659 g/mol. The van der Waals surface area contributed by atoms with Crippen molar-refractivity contribution in [1.82, 2.24) is 0 Å². The van der Waals surface area contributed by atoms with Gasteiger partial charge in [0.2, 0.25) is 0 Å². The highest BCUT2D eigenvalue weighted by Crippen LogP contribution is 2.19. The molecule has 0 aliphatic heterocycles. The number of esters is 2. The number of carbonyl (C=O) groups excluding carboxylic acids is 2. The highest BCUT2D eigenvalue weighted by atomic mass is 127. The lowest BCUT2D eigenvalue weighted by Gasteiger charge is -2.32. The van der Waals surface area contributed by atoms with E-state index in [9.17, 15) is 9.59 Å². The zero-order chi connectivity index (χ0) is 27.9. The molecule has 0 spiro atoms. The minimum absolute atomic E-state index is 0. The van der Waals surface area contributed by atoms with Crippen LogP contribution in [0.25, 0.3) is 0 Å². The number of rotatable bonds is 16. The van der Waals surface area contributed by atoms with Crippen LogP contribution in [0.3, 0.4) is 0 Å². The summed E-state index contributed by atoms with van der Waals surface area (Å²) in [5, 5.41) is 0. The van der Waals surface area contributed by atoms with E-state index >= 15 is 0 Å². The van der Waals surface area contributed by atoms with Gasteiger partial charge in [0.15, 0.2) is 6.04 Å². The van der Waals surface area contributed by atoms with Crippen LogP contribution in [0, 0.1) is 0 Å². The lowest BCUT2D eigenvalue weighted by molar-refractivity contribution is -0.887. The predicted octanol–water partition coefficient (Wildman–Crippen LogP) is 3.49. The topological polar surface area (TPSA) is 61.8 Å². The number of nitrogens with zero attached hydrogens (tertiary/aromatic N) is 1. The van der Waals surface area contributed by atoms with Crippen molar-refractivity contribution in [2.24, 2.45) is 0 Å². The molecule has 0 saturated heterocycles. The number of halogens is 1. The molecule has 0 aliphatic rings. The van der Waals surface area contributed by atoms with Gasteiger partial charge in [0.25, 0.3) is 0 Å². The maximum absolute atomic E-state index is 12.8. The number of likely N-dealkylation sites (N-methyl/N-ethyl adjacent to an activating group) is 1. The second-order valence-electron chi connectivity index (χ2n) is 10.7. The smallest absolute Gasteiger partial charge is 0.365 e. The van der Waals surface area contributed by atoms with Crippen LogP contribution in [0.4, 0.5) is 0 Å². The highest BCUT2D eigenvalue weighted by molar-refractivity contribution is 5.90.